The van der Waals surface area contributed by atoms with Crippen LogP contribution in [0.15, 0.2) is 28.7 Å². The number of benzene rings is 1. The van der Waals surface area contributed by atoms with E-state index < -0.39 is 5.54 Å². The molecule has 0 bridgehead atoms. The average molecular weight is 289 g/mol. The number of para-hydroxylation sites is 1. The third-order valence-corrected chi connectivity index (χ3v) is 4.18. The van der Waals surface area contributed by atoms with E-state index in [0.29, 0.717) is 37.4 Å². The molecule has 21 heavy (non-hydrogen) atoms. The fraction of sp³-hybridized carbons (Fsp3) is 0.438. The highest BCUT2D eigenvalue weighted by Crippen LogP contribution is 2.26. The van der Waals surface area contributed by atoms with Crippen molar-refractivity contribution in [3.8, 4) is 0 Å². The van der Waals surface area contributed by atoms with Crippen molar-refractivity contribution in [2.45, 2.75) is 25.3 Å². The average Bonchev–Trinajstić information content (AvgIpc) is 2.86. The van der Waals surface area contributed by atoms with E-state index in [-0.39, 0.29) is 12.5 Å². The lowest BCUT2D eigenvalue weighted by Gasteiger charge is -2.36. The van der Waals surface area contributed by atoms with Crippen molar-refractivity contribution in [2.24, 2.45) is 0 Å². The maximum atomic E-state index is 12.5. The lowest BCUT2D eigenvalue weighted by atomic mass is 9.90. The van der Waals surface area contributed by atoms with Crippen LogP contribution in [0.25, 0.3) is 11.0 Å². The molecule has 0 spiro atoms. The number of hydrogen-bond acceptors (Lipinski definition) is 4. The van der Waals surface area contributed by atoms with Gasteiger partial charge in [0.05, 0.1) is 12.1 Å². The van der Waals surface area contributed by atoms with E-state index >= 15 is 0 Å². The van der Waals surface area contributed by atoms with E-state index in [4.69, 9.17) is 9.15 Å². The maximum absolute atomic E-state index is 12.5. The van der Waals surface area contributed by atoms with Crippen molar-refractivity contribution in [3.63, 3.8) is 0 Å². The first-order chi connectivity index (χ1) is 10.2. The Morgan fingerprint density at radius 3 is 2.71 bits per heavy atom. The summed E-state index contributed by atoms with van der Waals surface area (Å²) in [6.07, 6.45) is 1.21. The number of ether oxygens (including phenoxy) is 1. The van der Waals surface area contributed by atoms with Gasteiger partial charge in [-0.1, -0.05) is 18.2 Å². The molecule has 1 aliphatic heterocycles. The second-order valence-electron chi connectivity index (χ2n) is 5.56. The maximum Gasteiger partial charge on any atom is 0.287 e. The molecule has 0 unspecified atom stereocenters. The number of aliphatic hydroxyl groups is 1. The van der Waals surface area contributed by atoms with Gasteiger partial charge in [0, 0.05) is 24.2 Å². The predicted octanol–water partition coefficient (Wildman–Crippen LogP) is 2.01. The minimum atomic E-state index is -0.610. The predicted molar refractivity (Wildman–Crippen MR) is 78.3 cm³/mol. The van der Waals surface area contributed by atoms with Gasteiger partial charge in [0.1, 0.15) is 5.58 Å². The lowest BCUT2D eigenvalue weighted by molar-refractivity contribution is 0.0120. The zero-order valence-corrected chi connectivity index (χ0v) is 12.0. The first kappa shape index (κ1) is 14.1. The van der Waals surface area contributed by atoms with Crippen molar-refractivity contribution in [2.75, 3.05) is 19.8 Å². The quantitative estimate of drug-likeness (QED) is 0.906. The van der Waals surface area contributed by atoms with Crippen molar-refractivity contribution < 1.29 is 19.1 Å². The summed E-state index contributed by atoms with van der Waals surface area (Å²) in [7, 11) is 0. The van der Waals surface area contributed by atoms with E-state index in [2.05, 4.69) is 5.32 Å². The zero-order valence-electron chi connectivity index (χ0n) is 12.0. The minimum absolute atomic E-state index is 0.0959. The molecule has 2 heterocycles. The van der Waals surface area contributed by atoms with Gasteiger partial charge in [-0.15, -0.1) is 0 Å². The Morgan fingerprint density at radius 1 is 1.33 bits per heavy atom. The highest BCUT2D eigenvalue weighted by Gasteiger charge is 2.35. The van der Waals surface area contributed by atoms with Gasteiger partial charge in [-0.05, 0) is 25.8 Å². The fourth-order valence-corrected chi connectivity index (χ4v) is 2.77. The number of furan rings is 1. The molecule has 1 amide bonds. The largest absolute Gasteiger partial charge is 0.451 e. The molecule has 1 fully saturated rings. The Morgan fingerprint density at radius 2 is 2.05 bits per heavy atom. The summed E-state index contributed by atoms with van der Waals surface area (Å²) in [6, 6.07) is 7.57. The molecule has 0 aliphatic carbocycles. The van der Waals surface area contributed by atoms with Gasteiger partial charge in [-0.25, -0.2) is 0 Å². The van der Waals surface area contributed by atoms with Crippen molar-refractivity contribution in [1.82, 2.24) is 5.32 Å². The normalized spacial score (nSPS) is 17.8. The molecule has 5 nitrogen and oxygen atoms in total. The van der Waals surface area contributed by atoms with E-state index in [1.165, 1.54) is 0 Å². The number of amides is 1. The van der Waals surface area contributed by atoms with Crippen LogP contribution in [0.3, 0.4) is 0 Å². The van der Waals surface area contributed by atoms with Gasteiger partial charge in [-0.3, -0.25) is 4.79 Å². The number of hydrogen-bond donors (Lipinski definition) is 2. The number of fused-ring (bicyclic) bond motifs is 1. The molecule has 0 atom stereocenters. The summed E-state index contributed by atoms with van der Waals surface area (Å²) >= 11 is 0. The third kappa shape index (κ3) is 2.54. The first-order valence-electron chi connectivity index (χ1n) is 7.14. The van der Waals surface area contributed by atoms with E-state index in [1.54, 1.807) is 0 Å². The smallest absolute Gasteiger partial charge is 0.287 e. The second kappa shape index (κ2) is 5.50. The molecule has 1 aromatic heterocycles. The number of aliphatic hydroxyl groups excluding tert-OH is 1. The molecule has 0 radical (unpaired) electrons. The monoisotopic (exact) mass is 289 g/mol. The standard InChI is InChI=1S/C16H19NO4/c1-11-12-4-2-3-5-13(12)21-14(11)15(19)17-16(10-18)6-8-20-9-7-16/h2-5,18H,6-10H2,1H3,(H,17,19). The highest BCUT2D eigenvalue weighted by atomic mass is 16.5. The molecule has 3 rings (SSSR count). The van der Waals surface area contributed by atoms with Crippen molar-refractivity contribution in [3.05, 3.63) is 35.6 Å². The Labute approximate surface area is 122 Å². The van der Waals surface area contributed by atoms with E-state index in [0.717, 1.165) is 10.9 Å². The van der Waals surface area contributed by atoms with Crippen molar-refractivity contribution in [1.29, 1.82) is 0 Å². The molecule has 2 N–H and O–H groups in total. The highest BCUT2D eigenvalue weighted by molar-refractivity contribution is 5.99. The molecule has 1 aromatic carbocycles. The second-order valence-corrected chi connectivity index (χ2v) is 5.56. The van der Waals surface area contributed by atoms with Gasteiger partial charge in [-0.2, -0.15) is 0 Å². The summed E-state index contributed by atoms with van der Waals surface area (Å²) in [6.45, 7) is 2.86. The topological polar surface area (TPSA) is 71.7 Å². The number of rotatable bonds is 3. The Kier molecular flexibility index (Phi) is 3.69. The molecular weight excluding hydrogens is 270 g/mol. The SMILES string of the molecule is Cc1c(C(=O)NC2(CO)CCOCC2)oc2ccccc12. The summed E-state index contributed by atoms with van der Waals surface area (Å²) in [5.41, 5.74) is 0.911. The lowest BCUT2D eigenvalue weighted by Crippen LogP contribution is -2.54. The van der Waals surface area contributed by atoms with E-state index in [1.807, 2.05) is 31.2 Å². The van der Waals surface area contributed by atoms with Crippen LogP contribution in [0.1, 0.15) is 29.0 Å². The minimum Gasteiger partial charge on any atom is -0.451 e. The molecule has 112 valence electrons. The van der Waals surface area contributed by atoms with Crippen LogP contribution >= 0.6 is 0 Å². The Hall–Kier alpha value is -1.85. The summed E-state index contributed by atoms with van der Waals surface area (Å²) in [4.78, 5) is 12.5. The molecule has 2 aromatic rings. The number of carbonyl (C=O) groups excluding carboxylic acids is 1. The van der Waals surface area contributed by atoms with Gasteiger partial charge in [0.2, 0.25) is 0 Å². The van der Waals surface area contributed by atoms with Gasteiger partial charge < -0.3 is 19.6 Å². The van der Waals surface area contributed by atoms with Crippen LogP contribution in [-0.4, -0.2) is 36.4 Å². The van der Waals surface area contributed by atoms with Crippen LogP contribution in [0.4, 0.5) is 0 Å². The summed E-state index contributed by atoms with van der Waals surface area (Å²) < 4.78 is 11.0. The Balaban J connectivity index is 1.88. The van der Waals surface area contributed by atoms with Gasteiger partial charge in [0.25, 0.3) is 5.91 Å². The van der Waals surface area contributed by atoms with Crippen LogP contribution in [0.2, 0.25) is 0 Å². The molecule has 0 saturated carbocycles. The van der Waals surface area contributed by atoms with Crippen LogP contribution in [-0.2, 0) is 4.74 Å². The molecule has 5 heteroatoms. The molecular formula is C16H19NO4. The molecule has 1 aliphatic rings. The number of aryl methyl sites for hydroxylation is 1. The van der Waals surface area contributed by atoms with Crippen LogP contribution in [0.5, 0.6) is 0 Å². The van der Waals surface area contributed by atoms with Crippen LogP contribution < -0.4 is 5.32 Å². The van der Waals surface area contributed by atoms with Crippen LogP contribution in [0, 0.1) is 6.92 Å². The first-order valence-corrected chi connectivity index (χ1v) is 7.14. The van der Waals surface area contributed by atoms with Gasteiger partial charge in [0.15, 0.2) is 5.76 Å². The zero-order chi connectivity index (χ0) is 14.9. The third-order valence-electron chi connectivity index (χ3n) is 4.18. The van der Waals surface area contributed by atoms with Gasteiger partial charge >= 0.3 is 0 Å². The Bertz CT molecular complexity index is 655. The summed E-state index contributed by atoms with van der Waals surface area (Å²) in [5.74, 6) is 0.0372. The summed E-state index contributed by atoms with van der Waals surface area (Å²) in [5, 5.41) is 13.5. The van der Waals surface area contributed by atoms with Crippen molar-refractivity contribution >= 4 is 16.9 Å². The fourth-order valence-electron chi connectivity index (χ4n) is 2.77. The van der Waals surface area contributed by atoms with E-state index in [9.17, 15) is 9.90 Å². The molecule has 1 saturated heterocycles. The number of nitrogens with one attached hydrogen (secondary N) is 1. The number of carbonyl (C=O) groups is 1.